The van der Waals surface area contributed by atoms with Crippen molar-refractivity contribution in [3.05, 3.63) is 57.6 Å². The molecule has 22 heavy (non-hydrogen) atoms. The highest BCUT2D eigenvalue weighted by molar-refractivity contribution is 7.92. The quantitative estimate of drug-likeness (QED) is 0.434. The summed E-state index contributed by atoms with van der Waals surface area (Å²) in [6.07, 6.45) is 0. The number of nitro groups is 1. The third-order valence-corrected chi connectivity index (χ3v) is 4.32. The molecule has 0 spiro atoms. The molecule has 0 atom stereocenters. The molecule has 0 bridgehead atoms. The molecular formula is C12H11ClN4O4S. The maximum Gasteiger partial charge on any atom is 0.293 e. The van der Waals surface area contributed by atoms with E-state index in [1.807, 2.05) is 0 Å². The summed E-state index contributed by atoms with van der Waals surface area (Å²) in [7, 11) is -3.93. The van der Waals surface area contributed by atoms with Crippen molar-refractivity contribution in [1.82, 2.24) is 0 Å². The highest BCUT2D eigenvalue weighted by Gasteiger charge is 2.20. The number of anilines is 2. The summed E-state index contributed by atoms with van der Waals surface area (Å²) in [5.41, 5.74) is 1.94. The Labute approximate surface area is 131 Å². The van der Waals surface area contributed by atoms with Crippen molar-refractivity contribution in [2.75, 3.05) is 10.1 Å². The van der Waals surface area contributed by atoms with Gasteiger partial charge in [-0.05, 0) is 30.3 Å². The lowest BCUT2D eigenvalue weighted by Gasteiger charge is -2.10. The van der Waals surface area contributed by atoms with Crippen LogP contribution in [0, 0.1) is 10.1 Å². The number of hydrogen-bond acceptors (Lipinski definition) is 6. The van der Waals surface area contributed by atoms with E-state index in [-0.39, 0.29) is 22.0 Å². The van der Waals surface area contributed by atoms with Crippen molar-refractivity contribution in [3.8, 4) is 0 Å². The first-order valence-electron chi connectivity index (χ1n) is 5.87. The van der Waals surface area contributed by atoms with Gasteiger partial charge in [0.2, 0.25) is 0 Å². The van der Waals surface area contributed by atoms with Crippen molar-refractivity contribution in [3.63, 3.8) is 0 Å². The van der Waals surface area contributed by atoms with Crippen molar-refractivity contribution in [1.29, 1.82) is 0 Å². The molecule has 10 heteroatoms. The largest absolute Gasteiger partial charge is 0.318 e. The minimum atomic E-state index is -3.93. The normalized spacial score (nSPS) is 11.0. The van der Waals surface area contributed by atoms with Gasteiger partial charge in [-0.3, -0.25) is 20.7 Å². The van der Waals surface area contributed by atoms with Crippen molar-refractivity contribution in [2.45, 2.75) is 4.90 Å². The van der Waals surface area contributed by atoms with Crippen molar-refractivity contribution in [2.24, 2.45) is 5.84 Å². The lowest BCUT2D eigenvalue weighted by molar-refractivity contribution is -0.384. The van der Waals surface area contributed by atoms with Crippen molar-refractivity contribution >= 4 is 38.7 Å². The van der Waals surface area contributed by atoms with Gasteiger partial charge in [0.05, 0.1) is 15.5 Å². The van der Waals surface area contributed by atoms with Gasteiger partial charge in [-0.2, -0.15) is 0 Å². The number of benzene rings is 2. The average molecular weight is 343 g/mol. The molecule has 0 amide bonds. The van der Waals surface area contributed by atoms with Gasteiger partial charge in [-0.1, -0.05) is 17.7 Å². The van der Waals surface area contributed by atoms with Crippen LogP contribution >= 0.6 is 11.6 Å². The fourth-order valence-corrected chi connectivity index (χ4v) is 2.99. The third-order valence-electron chi connectivity index (χ3n) is 2.71. The average Bonchev–Trinajstić information content (AvgIpc) is 2.46. The summed E-state index contributed by atoms with van der Waals surface area (Å²) >= 11 is 5.79. The van der Waals surface area contributed by atoms with Gasteiger partial charge in [0, 0.05) is 11.1 Å². The van der Waals surface area contributed by atoms with Crippen LogP contribution in [0.4, 0.5) is 17.1 Å². The zero-order valence-corrected chi connectivity index (χ0v) is 12.6. The van der Waals surface area contributed by atoms with E-state index in [1.54, 1.807) is 12.1 Å². The second-order valence-electron chi connectivity index (χ2n) is 4.20. The molecule has 8 nitrogen and oxygen atoms in total. The highest BCUT2D eigenvalue weighted by atomic mass is 35.5. The lowest BCUT2D eigenvalue weighted by Crippen LogP contribution is -2.15. The standard InChI is InChI=1S/C12H11ClN4O4S/c13-8-2-1-3-9(6-8)16-22(20,21)10-4-5-12(17(18)19)11(7-10)15-14/h1-7,15-16H,14H2. The molecule has 0 fully saturated rings. The fourth-order valence-electron chi connectivity index (χ4n) is 1.72. The van der Waals surface area contributed by atoms with Gasteiger partial charge in [0.1, 0.15) is 5.69 Å². The number of nitro benzene ring substituents is 1. The summed E-state index contributed by atoms with van der Waals surface area (Å²) in [5, 5.41) is 11.2. The molecule has 0 heterocycles. The SMILES string of the molecule is NNc1cc(S(=O)(=O)Nc2cccc(Cl)c2)ccc1[N+](=O)[O-]. The van der Waals surface area contributed by atoms with Crippen LogP contribution < -0.4 is 16.0 Å². The Morgan fingerprint density at radius 2 is 1.91 bits per heavy atom. The van der Waals surface area contributed by atoms with Crippen LogP contribution in [0.2, 0.25) is 5.02 Å². The summed E-state index contributed by atoms with van der Waals surface area (Å²) in [4.78, 5) is 9.95. The van der Waals surface area contributed by atoms with E-state index in [4.69, 9.17) is 17.4 Å². The Morgan fingerprint density at radius 3 is 2.50 bits per heavy atom. The second kappa shape index (κ2) is 6.18. The molecule has 0 aliphatic carbocycles. The van der Waals surface area contributed by atoms with Crippen LogP contribution in [0.3, 0.4) is 0 Å². The molecule has 0 radical (unpaired) electrons. The number of rotatable bonds is 5. The molecule has 2 rings (SSSR count). The maximum absolute atomic E-state index is 12.3. The first-order valence-corrected chi connectivity index (χ1v) is 7.73. The predicted molar refractivity (Wildman–Crippen MR) is 83.2 cm³/mol. The molecule has 2 aromatic rings. The van der Waals surface area contributed by atoms with E-state index in [1.165, 1.54) is 12.1 Å². The number of nitrogens with zero attached hydrogens (tertiary/aromatic N) is 1. The van der Waals surface area contributed by atoms with Crippen LogP contribution in [-0.4, -0.2) is 13.3 Å². The van der Waals surface area contributed by atoms with Crippen LogP contribution in [0.5, 0.6) is 0 Å². The van der Waals surface area contributed by atoms with Crippen LogP contribution in [-0.2, 0) is 10.0 Å². The molecule has 0 aromatic heterocycles. The monoisotopic (exact) mass is 342 g/mol. The van der Waals surface area contributed by atoms with Gasteiger partial charge in [-0.25, -0.2) is 8.42 Å². The number of sulfonamides is 1. The maximum atomic E-state index is 12.3. The van der Waals surface area contributed by atoms with E-state index in [0.717, 1.165) is 18.2 Å². The molecule has 2 aromatic carbocycles. The third kappa shape index (κ3) is 3.45. The minimum absolute atomic E-state index is 0.112. The predicted octanol–water partition coefficient (Wildman–Crippen LogP) is 2.33. The topological polar surface area (TPSA) is 127 Å². The smallest absolute Gasteiger partial charge is 0.293 e. The number of halogens is 1. The summed E-state index contributed by atoms with van der Waals surface area (Å²) < 4.78 is 26.9. The molecular weight excluding hydrogens is 332 g/mol. The number of nitrogens with two attached hydrogens (primary N) is 1. The van der Waals surface area contributed by atoms with Gasteiger partial charge < -0.3 is 5.43 Å². The Hall–Kier alpha value is -2.36. The zero-order valence-electron chi connectivity index (χ0n) is 11.0. The van der Waals surface area contributed by atoms with Gasteiger partial charge >= 0.3 is 0 Å². The first kappa shape index (κ1) is 16.0. The van der Waals surface area contributed by atoms with E-state index >= 15 is 0 Å². The fraction of sp³-hybridized carbons (Fsp3) is 0. The van der Waals surface area contributed by atoms with E-state index in [0.29, 0.717) is 5.02 Å². The molecule has 0 saturated heterocycles. The van der Waals surface area contributed by atoms with Gasteiger partial charge in [-0.15, -0.1) is 0 Å². The molecule has 0 saturated carbocycles. The minimum Gasteiger partial charge on any atom is -0.318 e. The lowest BCUT2D eigenvalue weighted by atomic mass is 10.3. The number of nitrogens with one attached hydrogen (secondary N) is 2. The molecule has 0 aliphatic rings. The van der Waals surface area contributed by atoms with Crippen LogP contribution in [0.15, 0.2) is 47.4 Å². The van der Waals surface area contributed by atoms with Crippen molar-refractivity contribution < 1.29 is 13.3 Å². The van der Waals surface area contributed by atoms with E-state index < -0.39 is 14.9 Å². The Balaban J connectivity index is 2.39. The Kier molecular flexibility index (Phi) is 4.50. The Bertz CT molecular complexity index is 826. The molecule has 116 valence electrons. The van der Waals surface area contributed by atoms with E-state index in [9.17, 15) is 18.5 Å². The number of hydrogen-bond donors (Lipinski definition) is 3. The first-order chi connectivity index (χ1) is 10.3. The molecule has 0 aliphatic heterocycles. The van der Waals surface area contributed by atoms with Gasteiger partial charge in [0.15, 0.2) is 0 Å². The molecule has 0 unspecified atom stereocenters. The number of hydrazine groups is 1. The van der Waals surface area contributed by atoms with Crippen LogP contribution in [0.25, 0.3) is 0 Å². The number of nitrogen functional groups attached to an aromatic ring is 1. The summed E-state index contributed by atoms with van der Waals surface area (Å²) in [6, 6.07) is 9.40. The van der Waals surface area contributed by atoms with E-state index in [2.05, 4.69) is 10.1 Å². The highest BCUT2D eigenvalue weighted by Crippen LogP contribution is 2.27. The van der Waals surface area contributed by atoms with Crippen LogP contribution in [0.1, 0.15) is 0 Å². The molecule has 4 N–H and O–H groups in total. The second-order valence-corrected chi connectivity index (χ2v) is 6.32. The Morgan fingerprint density at radius 1 is 1.18 bits per heavy atom. The summed E-state index contributed by atoms with van der Waals surface area (Å²) in [6.45, 7) is 0. The zero-order chi connectivity index (χ0) is 16.3. The summed E-state index contributed by atoms with van der Waals surface area (Å²) in [5.74, 6) is 5.19. The van der Waals surface area contributed by atoms with Gasteiger partial charge in [0.25, 0.3) is 15.7 Å².